The number of nitrogens with one attached hydrogen (secondary N) is 1. The van der Waals surface area contributed by atoms with Crippen LogP contribution in [0.15, 0.2) is 31.1 Å². The molecule has 0 saturated heterocycles. The summed E-state index contributed by atoms with van der Waals surface area (Å²) in [6.07, 6.45) is 4.56. The van der Waals surface area contributed by atoms with Gasteiger partial charge in [-0.2, -0.15) is 0 Å². The van der Waals surface area contributed by atoms with Crippen LogP contribution in [0.3, 0.4) is 0 Å². The molecule has 0 fully saturated rings. The fourth-order valence-electron chi connectivity index (χ4n) is 1.05. The zero-order valence-corrected chi connectivity index (χ0v) is 6.82. The predicted molar refractivity (Wildman–Crippen MR) is 48.4 cm³/mol. The highest BCUT2D eigenvalue weighted by atomic mass is 16.1. The summed E-state index contributed by atoms with van der Waals surface area (Å²) in [5.74, 6) is -0.0959. The van der Waals surface area contributed by atoms with Gasteiger partial charge in [-0.1, -0.05) is 6.58 Å². The van der Waals surface area contributed by atoms with E-state index in [0.717, 1.165) is 5.39 Å². The maximum Gasteiger partial charge on any atom is 0.222 e. The van der Waals surface area contributed by atoms with Crippen LogP contribution in [0.5, 0.6) is 0 Å². The molecule has 0 bridgehead atoms. The van der Waals surface area contributed by atoms with E-state index in [1.165, 1.54) is 6.08 Å². The van der Waals surface area contributed by atoms with Gasteiger partial charge in [-0.05, 0) is 12.1 Å². The van der Waals surface area contributed by atoms with Crippen molar-refractivity contribution in [2.45, 2.75) is 0 Å². The van der Waals surface area contributed by atoms with Gasteiger partial charge in [-0.3, -0.25) is 4.79 Å². The molecule has 2 heterocycles. The van der Waals surface area contributed by atoms with Crippen molar-refractivity contribution in [2.24, 2.45) is 0 Å². The van der Waals surface area contributed by atoms with Gasteiger partial charge in [0.25, 0.3) is 0 Å². The molecule has 2 aromatic rings. The zero-order chi connectivity index (χ0) is 9.26. The molecule has 13 heavy (non-hydrogen) atoms. The summed E-state index contributed by atoms with van der Waals surface area (Å²) >= 11 is 0. The molecule has 0 aliphatic rings. The van der Waals surface area contributed by atoms with Crippen LogP contribution in [-0.2, 0) is 0 Å². The maximum atomic E-state index is 11.1. The minimum atomic E-state index is -0.267. The van der Waals surface area contributed by atoms with Crippen LogP contribution in [-0.4, -0.2) is 20.7 Å². The van der Waals surface area contributed by atoms with Crippen LogP contribution in [0.4, 0.5) is 0 Å². The van der Waals surface area contributed by atoms with Gasteiger partial charge < -0.3 is 4.98 Å². The highest BCUT2D eigenvalue weighted by molar-refractivity contribution is 6.01. The largest absolute Gasteiger partial charge is 0.346 e. The van der Waals surface area contributed by atoms with E-state index in [4.69, 9.17) is 0 Å². The topological polar surface area (TPSA) is 58.6 Å². The first kappa shape index (κ1) is 7.67. The third-order valence-electron chi connectivity index (χ3n) is 1.71. The molecule has 0 aliphatic carbocycles. The number of aromatic nitrogens is 3. The average Bonchev–Trinajstić information content (AvgIpc) is 2.63. The maximum absolute atomic E-state index is 11.1. The number of nitrogens with zero attached hydrogens (tertiary/aromatic N) is 2. The Morgan fingerprint density at radius 1 is 1.62 bits per heavy atom. The number of H-pyrrole nitrogens is 1. The fourth-order valence-corrected chi connectivity index (χ4v) is 1.05. The highest BCUT2D eigenvalue weighted by Gasteiger charge is 2.05. The molecule has 4 nitrogen and oxygen atoms in total. The zero-order valence-electron chi connectivity index (χ0n) is 6.82. The van der Waals surface area contributed by atoms with Crippen LogP contribution in [0.1, 0.15) is 10.6 Å². The number of rotatable bonds is 2. The van der Waals surface area contributed by atoms with E-state index in [2.05, 4.69) is 21.5 Å². The molecule has 2 aromatic heterocycles. The minimum absolute atomic E-state index is 0.171. The summed E-state index contributed by atoms with van der Waals surface area (Å²) in [4.78, 5) is 21.9. The van der Waals surface area contributed by atoms with E-state index >= 15 is 0 Å². The smallest absolute Gasteiger partial charge is 0.222 e. The van der Waals surface area contributed by atoms with E-state index in [1.807, 2.05) is 6.07 Å². The number of aromatic amines is 1. The second kappa shape index (κ2) is 2.82. The Balaban J connectivity index is 2.60. The van der Waals surface area contributed by atoms with Crippen LogP contribution in [0, 0.1) is 0 Å². The Kier molecular flexibility index (Phi) is 1.66. The van der Waals surface area contributed by atoms with Crippen molar-refractivity contribution in [1.29, 1.82) is 0 Å². The molecule has 0 unspecified atom stereocenters. The molecular formula is C9H7N3O. The van der Waals surface area contributed by atoms with Crippen LogP contribution < -0.4 is 0 Å². The quantitative estimate of drug-likeness (QED) is 0.550. The third kappa shape index (κ3) is 1.22. The lowest BCUT2D eigenvalue weighted by Gasteiger charge is -1.93. The molecule has 0 aliphatic heterocycles. The van der Waals surface area contributed by atoms with E-state index in [1.54, 1.807) is 12.4 Å². The fraction of sp³-hybridized carbons (Fsp3) is 0. The number of ketones is 1. The average molecular weight is 173 g/mol. The molecule has 4 heteroatoms. The van der Waals surface area contributed by atoms with E-state index in [-0.39, 0.29) is 11.6 Å². The van der Waals surface area contributed by atoms with Gasteiger partial charge in [0.15, 0.2) is 0 Å². The van der Waals surface area contributed by atoms with Gasteiger partial charge in [0, 0.05) is 17.8 Å². The summed E-state index contributed by atoms with van der Waals surface area (Å²) in [6.45, 7) is 3.36. The number of hydrogen-bond acceptors (Lipinski definition) is 3. The molecule has 0 radical (unpaired) electrons. The molecule has 0 saturated carbocycles. The van der Waals surface area contributed by atoms with Gasteiger partial charge in [-0.25, -0.2) is 9.97 Å². The first-order valence-corrected chi connectivity index (χ1v) is 3.78. The molecule has 0 amide bonds. The molecule has 0 atom stereocenters. The van der Waals surface area contributed by atoms with Crippen molar-refractivity contribution in [3.63, 3.8) is 0 Å². The number of fused-ring (bicyclic) bond motifs is 1. The number of allylic oxidation sites excluding steroid dienone is 1. The van der Waals surface area contributed by atoms with Gasteiger partial charge >= 0.3 is 0 Å². The van der Waals surface area contributed by atoms with Crippen LogP contribution in [0.25, 0.3) is 11.0 Å². The second-order valence-electron chi connectivity index (χ2n) is 2.54. The summed E-state index contributed by atoms with van der Waals surface area (Å²) in [7, 11) is 0. The van der Waals surface area contributed by atoms with Crippen molar-refractivity contribution in [3.8, 4) is 0 Å². The second-order valence-corrected chi connectivity index (χ2v) is 2.54. The standard InChI is InChI=1S/C9H7N3O/c1-2-7(13)9-11-5-6-3-4-10-8(6)12-9/h2-5H,1H2,(H,10,11,12). The Hall–Kier alpha value is -1.97. The normalized spacial score (nSPS) is 10.2. The summed E-state index contributed by atoms with van der Waals surface area (Å²) in [6, 6.07) is 1.84. The Morgan fingerprint density at radius 2 is 2.46 bits per heavy atom. The summed E-state index contributed by atoms with van der Waals surface area (Å²) in [5, 5.41) is 0.889. The lowest BCUT2D eigenvalue weighted by atomic mass is 10.3. The predicted octanol–water partition coefficient (Wildman–Crippen LogP) is 1.33. The lowest BCUT2D eigenvalue weighted by molar-refractivity contribution is 0.103. The molecule has 0 spiro atoms. The van der Waals surface area contributed by atoms with Gasteiger partial charge in [0.2, 0.25) is 11.6 Å². The van der Waals surface area contributed by atoms with E-state index in [0.29, 0.717) is 5.65 Å². The van der Waals surface area contributed by atoms with Crippen molar-refractivity contribution >= 4 is 16.8 Å². The van der Waals surface area contributed by atoms with Crippen molar-refractivity contribution in [2.75, 3.05) is 0 Å². The monoisotopic (exact) mass is 173 g/mol. The number of carbonyl (C=O) groups excluding carboxylic acids is 1. The van der Waals surface area contributed by atoms with Crippen LogP contribution >= 0.6 is 0 Å². The summed E-state index contributed by atoms with van der Waals surface area (Å²) < 4.78 is 0. The highest BCUT2D eigenvalue weighted by Crippen LogP contribution is 2.07. The number of carbonyl (C=O) groups is 1. The molecule has 0 aromatic carbocycles. The van der Waals surface area contributed by atoms with Gasteiger partial charge in [-0.15, -0.1) is 0 Å². The van der Waals surface area contributed by atoms with Gasteiger partial charge in [0.1, 0.15) is 5.65 Å². The van der Waals surface area contributed by atoms with Crippen molar-refractivity contribution in [1.82, 2.24) is 15.0 Å². The summed E-state index contributed by atoms with van der Waals surface area (Å²) in [5.41, 5.74) is 0.667. The third-order valence-corrected chi connectivity index (χ3v) is 1.71. The lowest BCUT2D eigenvalue weighted by Crippen LogP contribution is -2.01. The SMILES string of the molecule is C=CC(=O)c1ncc2cc[nH]c2n1. The Morgan fingerprint density at radius 3 is 3.23 bits per heavy atom. The number of hydrogen-bond donors (Lipinski definition) is 1. The van der Waals surface area contributed by atoms with E-state index in [9.17, 15) is 4.79 Å². The van der Waals surface area contributed by atoms with Crippen LogP contribution in [0.2, 0.25) is 0 Å². The Bertz CT molecular complexity index is 472. The molecular weight excluding hydrogens is 166 g/mol. The molecule has 1 N–H and O–H groups in total. The first-order valence-electron chi connectivity index (χ1n) is 3.78. The molecule has 2 rings (SSSR count). The minimum Gasteiger partial charge on any atom is -0.346 e. The molecule has 64 valence electrons. The first-order chi connectivity index (χ1) is 6.31. The van der Waals surface area contributed by atoms with Gasteiger partial charge in [0.05, 0.1) is 0 Å². The Labute approximate surface area is 74.3 Å². The van der Waals surface area contributed by atoms with Crippen molar-refractivity contribution in [3.05, 3.63) is 36.9 Å². The van der Waals surface area contributed by atoms with Crippen molar-refractivity contribution < 1.29 is 4.79 Å². The van der Waals surface area contributed by atoms with E-state index < -0.39 is 0 Å².